The molecule has 0 atom stereocenters. The molecule has 0 aromatic carbocycles. The van der Waals surface area contributed by atoms with Crippen LogP contribution in [0.25, 0.3) is 0 Å². The molecule has 1 aromatic rings. The molecule has 1 aromatic heterocycles. The Morgan fingerprint density at radius 3 is 2.56 bits per heavy atom. The highest BCUT2D eigenvalue weighted by molar-refractivity contribution is 5.95. The zero-order chi connectivity index (χ0) is 13.1. The van der Waals surface area contributed by atoms with Crippen molar-refractivity contribution in [3.8, 4) is 0 Å². The molecule has 1 fully saturated rings. The van der Waals surface area contributed by atoms with Crippen LogP contribution in [0.3, 0.4) is 0 Å². The van der Waals surface area contributed by atoms with E-state index in [0.29, 0.717) is 0 Å². The molecule has 98 valence electrons. The third kappa shape index (κ3) is 2.55. The first-order valence-electron chi connectivity index (χ1n) is 6.18. The van der Waals surface area contributed by atoms with E-state index in [1.165, 1.54) is 12.5 Å². The normalized spacial score (nSPS) is 16.5. The molecule has 1 aliphatic carbocycles. The van der Waals surface area contributed by atoms with E-state index in [-0.39, 0.29) is 23.3 Å². The lowest BCUT2D eigenvalue weighted by molar-refractivity contribution is 0.0662. The van der Waals surface area contributed by atoms with E-state index in [9.17, 15) is 9.59 Å². The number of carbonyl (C=O) groups excluding carboxylic acids is 1. The van der Waals surface area contributed by atoms with Crippen molar-refractivity contribution in [3.63, 3.8) is 0 Å². The predicted octanol–water partition coefficient (Wildman–Crippen LogP) is 2.38. The number of rotatable bonds is 3. The lowest BCUT2D eigenvalue weighted by atomic mass is 9.94. The van der Waals surface area contributed by atoms with E-state index >= 15 is 0 Å². The Balaban J connectivity index is 2.07. The van der Waals surface area contributed by atoms with Crippen molar-refractivity contribution in [2.45, 2.75) is 38.1 Å². The summed E-state index contributed by atoms with van der Waals surface area (Å²) in [5.41, 5.74) is 0.00962. The van der Waals surface area contributed by atoms with Crippen molar-refractivity contribution in [2.75, 3.05) is 7.05 Å². The summed E-state index contributed by atoms with van der Waals surface area (Å²) in [5, 5.41) is 8.78. The monoisotopic (exact) mass is 251 g/mol. The van der Waals surface area contributed by atoms with Crippen molar-refractivity contribution >= 4 is 11.9 Å². The first-order valence-corrected chi connectivity index (χ1v) is 6.18. The van der Waals surface area contributed by atoms with Crippen molar-refractivity contribution < 1.29 is 19.1 Å². The second kappa shape index (κ2) is 5.25. The Kier molecular flexibility index (Phi) is 3.69. The van der Waals surface area contributed by atoms with Crippen LogP contribution in [0.15, 0.2) is 16.7 Å². The molecule has 5 heteroatoms. The van der Waals surface area contributed by atoms with E-state index < -0.39 is 5.97 Å². The van der Waals surface area contributed by atoms with Gasteiger partial charge in [0.1, 0.15) is 6.26 Å². The molecule has 1 saturated carbocycles. The van der Waals surface area contributed by atoms with Crippen LogP contribution in [-0.2, 0) is 0 Å². The second-order valence-corrected chi connectivity index (χ2v) is 4.71. The minimum Gasteiger partial charge on any atom is -0.478 e. The lowest BCUT2D eigenvalue weighted by Gasteiger charge is -2.30. The number of hydrogen-bond acceptors (Lipinski definition) is 3. The van der Waals surface area contributed by atoms with Gasteiger partial charge in [0.2, 0.25) is 0 Å². The van der Waals surface area contributed by atoms with E-state index in [1.54, 1.807) is 11.9 Å². The number of furan rings is 1. The molecule has 1 heterocycles. The third-order valence-corrected chi connectivity index (χ3v) is 3.50. The van der Waals surface area contributed by atoms with Gasteiger partial charge in [-0.1, -0.05) is 19.3 Å². The van der Waals surface area contributed by atoms with Crippen LogP contribution in [0.2, 0.25) is 0 Å². The van der Waals surface area contributed by atoms with E-state index in [1.807, 2.05) is 0 Å². The summed E-state index contributed by atoms with van der Waals surface area (Å²) in [7, 11) is 1.75. The molecule has 2 rings (SSSR count). The average molecular weight is 251 g/mol. The Labute approximate surface area is 105 Å². The molecular formula is C13H17NO4. The number of carbonyl (C=O) groups is 2. The van der Waals surface area contributed by atoms with Crippen LogP contribution in [0.4, 0.5) is 0 Å². The Morgan fingerprint density at radius 1 is 1.33 bits per heavy atom. The Morgan fingerprint density at radius 2 is 2.00 bits per heavy atom. The molecule has 0 bridgehead atoms. The maximum atomic E-state index is 12.1. The fourth-order valence-electron chi connectivity index (χ4n) is 2.37. The van der Waals surface area contributed by atoms with Gasteiger partial charge in [-0.15, -0.1) is 0 Å². The highest BCUT2D eigenvalue weighted by Crippen LogP contribution is 2.23. The fraction of sp³-hybridized carbons (Fsp3) is 0.538. The maximum Gasteiger partial charge on any atom is 0.338 e. The van der Waals surface area contributed by atoms with Gasteiger partial charge in [0, 0.05) is 19.2 Å². The summed E-state index contributed by atoms with van der Waals surface area (Å²) in [6.45, 7) is 0. The number of hydrogen-bond donors (Lipinski definition) is 1. The van der Waals surface area contributed by atoms with Gasteiger partial charge in [-0.05, 0) is 12.8 Å². The fourth-order valence-corrected chi connectivity index (χ4v) is 2.37. The SMILES string of the molecule is CN(C(=O)c1cc(C(=O)O)co1)C1CCCCC1. The van der Waals surface area contributed by atoms with Crippen molar-refractivity contribution in [1.29, 1.82) is 0 Å². The van der Waals surface area contributed by atoms with Gasteiger partial charge in [-0.3, -0.25) is 4.79 Å². The molecule has 0 aliphatic heterocycles. The van der Waals surface area contributed by atoms with Crippen LogP contribution in [0, 0.1) is 0 Å². The van der Waals surface area contributed by atoms with Crippen molar-refractivity contribution in [1.82, 2.24) is 4.90 Å². The lowest BCUT2D eigenvalue weighted by Crippen LogP contribution is -2.38. The molecule has 0 unspecified atom stereocenters. The van der Waals surface area contributed by atoms with Gasteiger partial charge < -0.3 is 14.4 Å². The van der Waals surface area contributed by atoms with Gasteiger partial charge >= 0.3 is 5.97 Å². The van der Waals surface area contributed by atoms with Crippen LogP contribution in [0.5, 0.6) is 0 Å². The van der Waals surface area contributed by atoms with E-state index in [0.717, 1.165) is 31.9 Å². The van der Waals surface area contributed by atoms with Gasteiger partial charge in [-0.25, -0.2) is 4.79 Å². The topological polar surface area (TPSA) is 70.8 Å². The summed E-state index contributed by atoms with van der Waals surface area (Å²) < 4.78 is 5.03. The first kappa shape index (κ1) is 12.7. The van der Waals surface area contributed by atoms with Gasteiger partial charge in [-0.2, -0.15) is 0 Å². The molecule has 1 amide bonds. The van der Waals surface area contributed by atoms with Crippen LogP contribution in [-0.4, -0.2) is 35.0 Å². The Bertz CT molecular complexity index is 446. The predicted molar refractivity (Wildman–Crippen MR) is 64.6 cm³/mol. The minimum absolute atomic E-state index is 0.00962. The summed E-state index contributed by atoms with van der Waals surface area (Å²) in [6, 6.07) is 1.52. The standard InChI is InChI=1S/C13H17NO4/c1-14(10-5-3-2-4-6-10)12(15)11-7-9(8-18-11)13(16)17/h7-8,10H,2-6H2,1H3,(H,16,17). The average Bonchev–Trinajstić information content (AvgIpc) is 2.88. The molecule has 0 spiro atoms. The van der Waals surface area contributed by atoms with Crippen molar-refractivity contribution in [2.24, 2.45) is 0 Å². The van der Waals surface area contributed by atoms with Crippen LogP contribution < -0.4 is 0 Å². The summed E-state index contributed by atoms with van der Waals surface area (Å²) in [4.78, 5) is 24.5. The number of aromatic carboxylic acids is 1. The molecule has 0 radical (unpaired) electrons. The molecule has 1 aliphatic rings. The Hall–Kier alpha value is -1.78. The third-order valence-electron chi connectivity index (χ3n) is 3.50. The number of amides is 1. The van der Waals surface area contributed by atoms with E-state index in [4.69, 9.17) is 9.52 Å². The van der Waals surface area contributed by atoms with Crippen LogP contribution >= 0.6 is 0 Å². The minimum atomic E-state index is -1.09. The first-order chi connectivity index (χ1) is 8.59. The zero-order valence-electron chi connectivity index (χ0n) is 10.4. The quantitative estimate of drug-likeness (QED) is 0.895. The molecule has 18 heavy (non-hydrogen) atoms. The molecule has 5 nitrogen and oxygen atoms in total. The number of nitrogens with zero attached hydrogens (tertiary/aromatic N) is 1. The van der Waals surface area contributed by atoms with Gasteiger partial charge in [0.15, 0.2) is 5.76 Å². The van der Waals surface area contributed by atoms with Gasteiger partial charge in [0.05, 0.1) is 5.56 Å². The zero-order valence-corrected chi connectivity index (χ0v) is 10.4. The second-order valence-electron chi connectivity index (χ2n) is 4.71. The van der Waals surface area contributed by atoms with Gasteiger partial charge in [0.25, 0.3) is 5.91 Å². The molecule has 1 N–H and O–H groups in total. The van der Waals surface area contributed by atoms with Crippen molar-refractivity contribution in [3.05, 3.63) is 23.7 Å². The number of carboxylic acids is 1. The highest BCUT2D eigenvalue weighted by atomic mass is 16.4. The summed E-state index contributed by atoms with van der Waals surface area (Å²) >= 11 is 0. The number of carboxylic acid groups (broad SMARTS) is 1. The molecule has 0 saturated heterocycles. The molecular weight excluding hydrogens is 234 g/mol. The summed E-state index contributed by atoms with van der Waals surface area (Å²) in [5.74, 6) is -1.23. The highest BCUT2D eigenvalue weighted by Gasteiger charge is 2.25. The maximum absolute atomic E-state index is 12.1. The van der Waals surface area contributed by atoms with Crippen LogP contribution in [0.1, 0.15) is 53.0 Å². The van der Waals surface area contributed by atoms with E-state index in [2.05, 4.69) is 0 Å². The smallest absolute Gasteiger partial charge is 0.338 e. The summed E-state index contributed by atoms with van der Waals surface area (Å²) in [6.07, 6.45) is 6.62. The largest absolute Gasteiger partial charge is 0.478 e.